The molecule has 0 aliphatic rings. The molecule has 0 spiro atoms. The van der Waals surface area contributed by atoms with Crippen LogP contribution < -0.4 is 12.4 Å². The van der Waals surface area contributed by atoms with Crippen molar-refractivity contribution >= 4 is 0 Å². The Morgan fingerprint density at radius 1 is 0.519 bits per heavy atom. The van der Waals surface area contributed by atoms with Gasteiger partial charge in [-0.2, -0.15) is 0 Å². The van der Waals surface area contributed by atoms with Gasteiger partial charge in [0.25, 0.3) is 0 Å². The summed E-state index contributed by atoms with van der Waals surface area (Å²) < 4.78 is 1.34. The highest BCUT2D eigenvalue weighted by molar-refractivity contribution is 4.65. The summed E-state index contributed by atoms with van der Waals surface area (Å²) >= 11 is 0. The molecule has 0 saturated carbocycles. The number of nitrogens with zero attached hydrogens (tertiary/aromatic N) is 1. The topological polar surface area (TPSA) is 0 Å². The van der Waals surface area contributed by atoms with Crippen LogP contribution in [-0.4, -0.2) is 31.2 Å². The van der Waals surface area contributed by atoms with E-state index in [1.165, 1.54) is 101 Å². The number of hydrogen-bond donors (Lipinski definition) is 0. The van der Waals surface area contributed by atoms with Crippen LogP contribution in [0.1, 0.15) is 119 Å². The molecule has 27 heavy (non-hydrogen) atoms. The predicted molar refractivity (Wildman–Crippen MR) is 121 cm³/mol. The summed E-state index contributed by atoms with van der Waals surface area (Å²) in [4.78, 5) is 0. The third-order valence-corrected chi connectivity index (χ3v) is 6.73. The summed E-state index contributed by atoms with van der Waals surface area (Å²) in [5.74, 6) is 2.77. The minimum absolute atomic E-state index is 0. The molecular formula is C25H54ClN. The fourth-order valence-corrected chi connectivity index (χ4v) is 4.85. The van der Waals surface area contributed by atoms with Crippen LogP contribution in [0, 0.1) is 17.8 Å². The first-order chi connectivity index (χ1) is 12.5. The summed E-state index contributed by atoms with van der Waals surface area (Å²) in [6, 6.07) is 0. The van der Waals surface area contributed by atoms with E-state index in [0.717, 1.165) is 17.8 Å². The summed E-state index contributed by atoms with van der Waals surface area (Å²) in [7, 11) is 2.61. The van der Waals surface area contributed by atoms with Gasteiger partial charge in [0.2, 0.25) is 0 Å². The van der Waals surface area contributed by atoms with Crippen molar-refractivity contribution in [1.29, 1.82) is 0 Å². The minimum Gasteiger partial charge on any atom is -1.00 e. The van der Waals surface area contributed by atoms with Gasteiger partial charge in [0.1, 0.15) is 0 Å². The maximum atomic E-state index is 2.61. The standard InChI is InChI=1S/C25H54N.ClH/c1-8-14-17-23(11-4)20-26(7,21-24(12-5)18-15-9-2)22-25(13-6)19-16-10-3;/h23-25H,8-22H2,1-7H3;1H/q+1;/p-1. The van der Waals surface area contributed by atoms with E-state index in [0.29, 0.717) is 0 Å². The smallest absolute Gasteiger partial charge is 0.0813 e. The van der Waals surface area contributed by atoms with Crippen molar-refractivity contribution < 1.29 is 16.9 Å². The monoisotopic (exact) mass is 403 g/mol. The van der Waals surface area contributed by atoms with Gasteiger partial charge in [0.15, 0.2) is 0 Å². The Balaban J connectivity index is 0. The summed E-state index contributed by atoms with van der Waals surface area (Å²) in [5.41, 5.74) is 0. The lowest BCUT2D eigenvalue weighted by Gasteiger charge is -2.42. The molecule has 0 N–H and O–H groups in total. The van der Waals surface area contributed by atoms with Gasteiger partial charge in [-0.1, -0.05) is 80.1 Å². The van der Waals surface area contributed by atoms with E-state index in [1.807, 2.05) is 0 Å². The number of hydrogen-bond acceptors (Lipinski definition) is 0. The fraction of sp³-hybridized carbons (Fsp3) is 1.00. The summed E-state index contributed by atoms with van der Waals surface area (Å²) in [6.07, 6.45) is 16.7. The Hall–Kier alpha value is 0.250. The molecule has 1 nitrogen and oxygen atoms in total. The van der Waals surface area contributed by atoms with Gasteiger partial charge in [-0.25, -0.2) is 0 Å². The molecule has 0 aliphatic carbocycles. The van der Waals surface area contributed by atoms with E-state index in [4.69, 9.17) is 0 Å². The van der Waals surface area contributed by atoms with Crippen molar-refractivity contribution in [2.75, 3.05) is 26.7 Å². The second-order valence-corrected chi connectivity index (χ2v) is 9.42. The minimum atomic E-state index is 0. The zero-order valence-electron chi connectivity index (χ0n) is 20.2. The highest BCUT2D eigenvalue weighted by Crippen LogP contribution is 2.26. The van der Waals surface area contributed by atoms with Crippen LogP contribution >= 0.6 is 0 Å². The normalized spacial score (nSPS) is 17.0. The van der Waals surface area contributed by atoms with Crippen LogP contribution in [-0.2, 0) is 0 Å². The molecule has 0 aliphatic heterocycles. The van der Waals surface area contributed by atoms with E-state index in [9.17, 15) is 0 Å². The second kappa shape index (κ2) is 18.3. The molecule has 0 saturated heterocycles. The van der Waals surface area contributed by atoms with Gasteiger partial charge in [0, 0.05) is 17.8 Å². The Morgan fingerprint density at radius 2 is 0.778 bits per heavy atom. The molecule has 0 rings (SSSR count). The first-order valence-electron chi connectivity index (χ1n) is 12.3. The molecule has 0 aromatic heterocycles. The average Bonchev–Trinajstić information content (AvgIpc) is 2.65. The highest BCUT2D eigenvalue weighted by atomic mass is 35.5. The molecule has 0 amide bonds. The van der Waals surface area contributed by atoms with Crippen LogP contribution in [0.15, 0.2) is 0 Å². The highest BCUT2D eigenvalue weighted by Gasteiger charge is 2.31. The molecule has 0 radical (unpaired) electrons. The van der Waals surface area contributed by atoms with Crippen LogP contribution in [0.25, 0.3) is 0 Å². The van der Waals surface area contributed by atoms with Crippen molar-refractivity contribution in [3.63, 3.8) is 0 Å². The van der Waals surface area contributed by atoms with Gasteiger partial charge in [-0.15, -0.1) is 0 Å². The molecule has 166 valence electrons. The van der Waals surface area contributed by atoms with E-state index >= 15 is 0 Å². The number of unbranched alkanes of at least 4 members (excludes halogenated alkanes) is 3. The summed E-state index contributed by atoms with van der Waals surface area (Å²) in [5, 5.41) is 0. The molecule has 0 aromatic carbocycles. The third-order valence-electron chi connectivity index (χ3n) is 6.73. The molecular weight excluding hydrogens is 350 g/mol. The lowest BCUT2D eigenvalue weighted by Crippen LogP contribution is -3.00. The van der Waals surface area contributed by atoms with Crippen molar-refractivity contribution in [1.82, 2.24) is 0 Å². The fourth-order valence-electron chi connectivity index (χ4n) is 4.85. The van der Waals surface area contributed by atoms with Crippen molar-refractivity contribution in [3.8, 4) is 0 Å². The average molecular weight is 404 g/mol. The predicted octanol–water partition coefficient (Wildman–Crippen LogP) is 5.09. The number of rotatable bonds is 18. The van der Waals surface area contributed by atoms with Crippen molar-refractivity contribution in [2.24, 2.45) is 17.8 Å². The van der Waals surface area contributed by atoms with Gasteiger partial charge in [0.05, 0.1) is 26.7 Å². The Labute approximate surface area is 180 Å². The van der Waals surface area contributed by atoms with E-state index in [-0.39, 0.29) is 12.4 Å². The quantitative estimate of drug-likeness (QED) is 0.280. The van der Waals surface area contributed by atoms with Crippen LogP contribution in [0.2, 0.25) is 0 Å². The molecule has 3 atom stereocenters. The lowest BCUT2D eigenvalue weighted by atomic mass is 9.91. The number of halogens is 1. The Kier molecular flexibility index (Phi) is 19.9. The van der Waals surface area contributed by atoms with E-state index in [2.05, 4.69) is 48.6 Å². The van der Waals surface area contributed by atoms with Gasteiger partial charge in [-0.05, 0) is 38.5 Å². The van der Waals surface area contributed by atoms with Crippen molar-refractivity contribution in [2.45, 2.75) is 119 Å². The lowest BCUT2D eigenvalue weighted by molar-refractivity contribution is -0.919. The molecule has 0 bridgehead atoms. The summed E-state index contributed by atoms with van der Waals surface area (Å²) in [6.45, 7) is 18.6. The molecule has 0 heterocycles. The maximum absolute atomic E-state index is 2.61. The zero-order valence-corrected chi connectivity index (χ0v) is 20.9. The first-order valence-corrected chi connectivity index (χ1v) is 12.3. The van der Waals surface area contributed by atoms with Gasteiger partial charge >= 0.3 is 0 Å². The van der Waals surface area contributed by atoms with Crippen LogP contribution in [0.5, 0.6) is 0 Å². The van der Waals surface area contributed by atoms with Gasteiger partial charge in [-0.3, -0.25) is 0 Å². The molecule has 0 fully saturated rings. The first kappa shape index (κ1) is 29.5. The molecule has 3 unspecified atom stereocenters. The zero-order chi connectivity index (χ0) is 19.8. The van der Waals surface area contributed by atoms with Gasteiger partial charge < -0.3 is 16.9 Å². The van der Waals surface area contributed by atoms with Crippen LogP contribution in [0.4, 0.5) is 0 Å². The Morgan fingerprint density at radius 3 is 0.963 bits per heavy atom. The Bertz CT molecular complexity index is 259. The maximum Gasteiger partial charge on any atom is 0.0813 e. The third kappa shape index (κ3) is 14.0. The van der Waals surface area contributed by atoms with E-state index < -0.39 is 0 Å². The SMILES string of the molecule is CCCCC(CC)C[N+](C)(CC(CC)CCCC)CC(CC)CCCC.[Cl-]. The van der Waals surface area contributed by atoms with E-state index in [1.54, 1.807) is 0 Å². The largest absolute Gasteiger partial charge is 1.00 e. The molecule has 2 heteroatoms. The molecule has 0 aromatic rings. The van der Waals surface area contributed by atoms with Crippen molar-refractivity contribution in [3.05, 3.63) is 0 Å². The van der Waals surface area contributed by atoms with Crippen LogP contribution in [0.3, 0.4) is 0 Å². The number of quaternary nitrogens is 1. The second-order valence-electron chi connectivity index (χ2n) is 9.42.